The lowest BCUT2D eigenvalue weighted by Gasteiger charge is -2.06. The van der Waals surface area contributed by atoms with Gasteiger partial charge in [0.25, 0.3) is 5.91 Å². The topological polar surface area (TPSA) is 52.9 Å². The van der Waals surface area contributed by atoms with Crippen LogP contribution in [0, 0.1) is 17.1 Å². The minimum Gasteiger partial charge on any atom is -0.348 e. The number of benzene rings is 2. The van der Waals surface area contributed by atoms with Crippen LogP contribution in [0.4, 0.5) is 4.39 Å². The highest BCUT2D eigenvalue weighted by Gasteiger charge is 2.08. The lowest BCUT2D eigenvalue weighted by atomic mass is 10.1. The van der Waals surface area contributed by atoms with Crippen molar-refractivity contribution in [3.8, 4) is 6.07 Å². The Hall–Kier alpha value is -2.19. The van der Waals surface area contributed by atoms with Gasteiger partial charge in [0, 0.05) is 22.1 Å². The van der Waals surface area contributed by atoms with Crippen molar-refractivity contribution in [2.75, 3.05) is 0 Å². The van der Waals surface area contributed by atoms with Gasteiger partial charge >= 0.3 is 0 Å². The van der Waals surface area contributed by atoms with E-state index in [1.807, 2.05) is 6.07 Å². The second-order valence-corrected chi connectivity index (χ2v) is 5.02. The molecule has 1 amide bonds. The molecule has 1 N–H and O–H groups in total. The molecule has 20 heavy (non-hydrogen) atoms. The van der Waals surface area contributed by atoms with E-state index < -0.39 is 5.82 Å². The Labute approximate surface area is 124 Å². The van der Waals surface area contributed by atoms with Gasteiger partial charge in [-0.2, -0.15) is 5.26 Å². The number of amides is 1. The molecule has 0 aromatic heterocycles. The standard InChI is InChI=1S/C15H10BrFN2O/c16-13-5-3-11(4-6-13)15(20)19-9-12-2-1-10(8-18)7-14(12)17/h1-7H,9H2,(H,19,20). The molecule has 0 saturated heterocycles. The van der Waals surface area contributed by atoms with E-state index in [1.54, 1.807) is 24.3 Å². The van der Waals surface area contributed by atoms with Crippen molar-refractivity contribution < 1.29 is 9.18 Å². The summed E-state index contributed by atoms with van der Waals surface area (Å²) in [5.74, 6) is -0.776. The Morgan fingerprint density at radius 1 is 1.25 bits per heavy atom. The Bertz CT molecular complexity index is 677. The molecule has 0 aliphatic carbocycles. The minimum absolute atomic E-state index is 0.0758. The van der Waals surface area contributed by atoms with E-state index in [1.165, 1.54) is 12.1 Å². The molecule has 0 bridgehead atoms. The van der Waals surface area contributed by atoms with E-state index in [9.17, 15) is 9.18 Å². The van der Waals surface area contributed by atoms with Crippen LogP contribution in [0.3, 0.4) is 0 Å². The number of hydrogen-bond donors (Lipinski definition) is 1. The van der Waals surface area contributed by atoms with Crippen molar-refractivity contribution in [3.05, 3.63) is 69.4 Å². The fourth-order valence-electron chi connectivity index (χ4n) is 1.64. The first-order chi connectivity index (χ1) is 9.60. The summed E-state index contributed by atoms with van der Waals surface area (Å²) in [6, 6.07) is 12.9. The van der Waals surface area contributed by atoms with Crippen LogP contribution in [0.2, 0.25) is 0 Å². The number of carbonyl (C=O) groups is 1. The summed E-state index contributed by atoms with van der Waals surface area (Å²) in [6.07, 6.45) is 0. The van der Waals surface area contributed by atoms with Crippen LogP contribution in [-0.2, 0) is 6.54 Å². The number of rotatable bonds is 3. The lowest BCUT2D eigenvalue weighted by molar-refractivity contribution is 0.0950. The molecule has 0 radical (unpaired) electrons. The van der Waals surface area contributed by atoms with Gasteiger partial charge in [-0.25, -0.2) is 4.39 Å². The van der Waals surface area contributed by atoms with Crippen LogP contribution < -0.4 is 5.32 Å². The van der Waals surface area contributed by atoms with Gasteiger partial charge in [-0.05, 0) is 36.4 Å². The van der Waals surface area contributed by atoms with Crippen LogP contribution in [0.15, 0.2) is 46.9 Å². The van der Waals surface area contributed by atoms with Crippen LogP contribution in [0.25, 0.3) is 0 Å². The zero-order valence-corrected chi connectivity index (χ0v) is 11.9. The maximum atomic E-state index is 13.6. The molecule has 0 aliphatic rings. The summed E-state index contributed by atoms with van der Waals surface area (Å²) >= 11 is 3.29. The van der Waals surface area contributed by atoms with E-state index in [0.717, 1.165) is 10.5 Å². The van der Waals surface area contributed by atoms with Gasteiger partial charge in [0.15, 0.2) is 0 Å². The summed E-state index contributed by atoms with van der Waals surface area (Å²) < 4.78 is 14.5. The summed E-state index contributed by atoms with van der Waals surface area (Å²) in [5.41, 5.74) is 1.10. The number of hydrogen-bond acceptors (Lipinski definition) is 2. The van der Waals surface area contributed by atoms with E-state index in [2.05, 4.69) is 21.2 Å². The summed E-state index contributed by atoms with van der Waals surface area (Å²) in [5, 5.41) is 11.3. The average Bonchev–Trinajstić information content (AvgIpc) is 2.46. The van der Waals surface area contributed by atoms with Crippen LogP contribution in [0.5, 0.6) is 0 Å². The number of nitrogens with one attached hydrogen (secondary N) is 1. The third-order valence-corrected chi connectivity index (χ3v) is 3.26. The summed E-state index contributed by atoms with van der Waals surface area (Å²) in [7, 11) is 0. The molecule has 3 nitrogen and oxygen atoms in total. The first kappa shape index (κ1) is 14.2. The van der Waals surface area contributed by atoms with Crippen molar-refractivity contribution in [3.63, 3.8) is 0 Å². The van der Waals surface area contributed by atoms with Gasteiger partial charge in [-0.15, -0.1) is 0 Å². The molecule has 0 heterocycles. The molecule has 2 aromatic carbocycles. The zero-order valence-electron chi connectivity index (χ0n) is 10.4. The molecule has 0 spiro atoms. The number of nitriles is 1. The average molecular weight is 333 g/mol. The normalized spacial score (nSPS) is 9.85. The van der Waals surface area contributed by atoms with Gasteiger partial charge in [0.2, 0.25) is 0 Å². The predicted octanol–water partition coefficient (Wildman–Crippen LogP) is 3.39. The second-order valence-electron chi connectivity index (χ2n) is 4.11. The van der Waals surface area contributed by atoms with Crippen molar-refractivity contribution in [2.45, 2.75) is 6.54 Å². The molecule has 0 fully saturated rings. The molecule has 0 atom stereocenters. The first-order valence-corrected chi connectivity index (χ1v) is 6.62. The van der Waals surface area contributed by atoms with E-state index in [-0.39, 0.29) is 18.0 Å². The van der Waals surface area contributed by atoms with Crippen LogP contribution >= 0.6 is 15.9 Å². The van der Waals surface area contributed by atoms with Crippen molar-refractivity contribution in [1.82, 2.24) is 5.32 Å². The van der Waals surface area contributed by atoms with E-state index >= 15 is 0 Å². The molecular formula is C15H10BrFN2O. The van der Waals surface area contributed by atoms with Gasteiger partial charge in [0.05, 0.1) is 11.6 Å². The molecule has 0 aliphatic heterocycles. The molecule has 2 aromatic rings. The lowest BCUT2D eigenvalue weighted by Crippen LogP contribution is -2.23. The highest BCUT2D eigenvalue weighted by atomic mass is 79.9. The van der Waals surface area contributed by atoms with Gasteiger partial charge in [-0.3, -0.25) is 4.79 Å². The molecule has 2 rings (SSSR count). The Kier molecular flexibility index (Phi) is 4.49. The third-order valence-electron chi connectivity index (χ3n) is 2.73. The van der Waals surface area contributed by atoms with Crippen molar-refractivity contribution in [1.29, 1.82) is 5.26 Å². The molecule has 100 valence electrons. The molecule has 0 unspecified atom stereocenters. The number of carbonyl (C=O) groups excluding carboxylic acids is 1. The van der Waals surface area contributed by atoms with Gasteiger partial charge < -0.3 is 5.32 Å². The fourth-order valence-corrected chi connectivity index (χ4v) is 1.90. The summed E-state index contributed by atoms with van der Waals surface area (Å²) in [4.78, 5) is 11.9. The van der Waals surface area contributed by atoms with E-state index in [4.69, 9.17) is 5.26 Å². The van der Waals surface area contributed by atoms with Crippen molar-refractivity contribution >= 4 is 21.8 Å². The maximum absolute atomic E-state index is 13.6. The highest BCUT2D eigenvalue weighted by Crippen LogP contribution is 2.12. The largest absolute Gasteiger partial charge is 0.348 e. The number of nitrogens with zero attached hydrogens (tertiary/aromatic N) is 1. The smallest absolute Gasteiger partial charge is 0.251 e. The molecule has 5 heteroatoms. The quantitative estimate of drug-likeness (QED) is 0.936. The fraction of sp³-hybridized carbons (Fsp3) is 0.0667. The summed E-state index contributed by atoms with van der Waals surface area (Å²) in [6.45, 7) is 0.0758. The Morgan fingerprint density at radius 2 is 1.95 bits per heavy atom. The van der Waals surface area contributed by atoms with Crippen LogP contribution in [0.1, 0.15) is 21.5 Å². The monoisotopic (exact) mass is 332 g/mol. The first-order valence-electron chi connectivity index (χ1n) is 5.82. The Balaban J connectivity index is 2.04. The van der Waals surface area contributed by atoms with Crippen LogP contribution in [-0.4, -0.2) is 5.91 Å². The molecular weight excluding hydrogens is 323 g/mol. The zero-order chi connectivity index (χ0) is 14.5. The molecule has 0 saturated carbocycles. The van der Waals surface area contributed by atoms with Crippen molar-refractivity contribution in [2.24, 2.45) is 0 Å². The van der Waals surface area contributed by atoms with Gasteiger partial charge in [-0.1, -0.05) is 22.0 Å². The SMILES string of the molecule is N#Cc1ccc(CNC(=O)c2ccc(Br)cc2)c(F)c1. The Morgan fingerprint density at radius 3 is 2.55 bits per heavy atom. The highest BCUT2D eigenvalue weighted by molar-refractivity contribution is 9.10. The maximum Gasteiger partial charge on any atom is 0.251 e. The predicted molar refractivity (Wildman–Crippen MR) is 76.4 cm³/mol. The third kappa shape index (κ3) is 3.43. The second kappa shape index (κ2) is 6.31. The van der Waals surface area contributed by atoms with Gasteiger partial charge in [0.1, 0.15) is 5.82 Å². The number of halogens is 2. The van der Waals surface area contributed by atoms with E-state index in [0.29, 0.717) is 11.1 Å². The minimum atomic E-state index is -0.500.